The van der Waals surface area contributed by atoms with E-state index in [-0.39, 0.29) is 17.9 Å². The minimum Gasteiger partial charge on any atom is -0.502 e. The number of nitro benzene ring substituents is 1. The third-order valence-corrected chi connectivity index (χ3v) is 1.74. The largest absolute Gasteiger partial charge is 0.502 e. The number of phenols is 1. The van der Waals surface area contributed by atoms with Crippen molar-refractivity contribution in [1.82, 2.24) is 0 Å². The van der Waals surface area contributed by atoms with E-state index in [4.69, 9.17) is 5.11 Å². The molecule has 0 atom stereocenters. The summed E-state index contributed by atoms with van der Waals surface area (Å²) in [6, 6.07) is 4.03. The Labute approximate surface area is 85.8 Å². The normalized spacial score (nSPS) is 10.4. The SMILES string of the molecule is O=CCC=Cc1ccc(O)c([N+](=O)[O-])c1. The van der Waals surface area contributed by atoms with Crippen LogP contribution < -0.4 is 0 Å². The van der Waals surface area contributed by atoms with E-state index in [1.807, 2.05) is 0 Å². The maximum Gasteiger partial charge on any atom is 0.311 e. The zero-order valence-corrected chi connectivity index (χ0v) is 7.79. The predicted molar refractivity (Wildman–Crippen MR) is 54.5 cm³/mol. The second-order valence-corrected chi connectivity index (χ2v) is 2.81. The molecule has 0 fully saturated rings. The molecule has 1 rings (SSSR count). The second kappa shape index (κ2) is 4.90. The topological polar surface area (TPSA) is 80.4 Å². The first-order chi connectivity index (χ1) is 7.15. The van der Waals surface area contributed by atoms with E-state index in [0.717, 1.165) is 6.29 Å². The number of rotatable bonds is 4. The van der Waals surface area contributed by atoms with Gasteiger partial charge in [-0.05, 0) is 11.6 Å². The van der Waals surface area contributed by atoms with Gasteiger partial charge in [-0.3, -0.25) is 10.1 Å². The van der Waals surface area contributed by atoms with Crippen LogP contribution in [0.2, 0.25) is 0 Å². The Hall–Kier alpha value is -2.17. The van der Waals surface area contributed by atoms with Crippen LogP contribution in [0.1, 0.15) is 12.0 Å². The number of nitrogens with zero attached hydrogens (tertiary/aromatic N) is 1. The predicted octanol–water partition coefficient (Wildman–Crippen LogP) is 1.90. The molecule has 0 aromatic heterocycles. The maximum absolute atomic E-state index is 10.5. The van der Waals surface area contributed by atoms with Gasteiger partial charge in [-0.25, -0.2) is 0 Å². The summed E-state index contributed by atoms with van der Waals surface area (Å²) in [5, 5.41) is 19.6. The van der Waals surface area contributed by atoms with E-state index in [1.54, 1.807) is 12.2 Å². The number of aromatic hydroxyl groups is 1. The smallest absolute Gasteiger partial charge is 0.311 e. The highest BCUT2D eigenvalue weighted by Crippen LogP contribution is 2.26. The molecule has 15 heavy (non-hydrogen) atoms. The molecular formula is C10H9NO4. The number of allylic oxidation sites excluding steroid dienone is 1. The van der Waals surface area contributed by atoms with Gasteiger partial charge in [0.25, 0.3) is 0 Å². The average molecular weight is 207 g/mol. The summed E-state index contributed by atoms with van der Waals surface area (Å²) in [5.74, 6) is -0.368. The molecule has 0 unspecified atom stereocenters. The standard InChI is InChI=1S/C10H9NO4/c12-6-2-1-3-8-4-5-10(13)9(7-8)11(14)15/h1,3-7,13H,2H2. The number of nitro groups is 1. The fraction of sp³-hybridized carbons (Fsp3) is 0.100. The number of aldehydes is 1. The van der Waals surface area contributed by atoms with E-state index < -0.39 is 4.92 Å². The Bertz CT molecular complexity index is 412. The van der Waals surface area contributed by atoms with Gasteiger partial charge in [0.05, 0.1) is 4.92 Å². The average Bonchev–Trinajstić information content (AvgIpc) is 2.20. The van der Waals surface area contributed by atoms with Crippen LogP contribution in [0.4, 0.5) is 5.69 Å². The van der Waals surface area contributed by atoms with Gasteiger partial charge < -0.3 is 9.90 Å². The zero-order valence-electron chi connectivity index (χ0n) is 7.79. The number of carbonyl (C=O) groups is 1. The third-order valence-electron chi connectivity index (χ3n) is 1.74. The van der Waals surface area contributed by atoms with Crippen LogP contribution in [-0.2, 0) is 4.79 Å². The molecule has 0 amide bonds. The van der Waals surface area contributed by atoms with Crippen LogP contribution in [0.25, 0.3) is 6.08 Å². The number of benzene rings is 1. The van der Waals surface area contributed by atoms with E-state index in [9.17, 15) is 14.9 Å². The molecule has 5 nitrogen and oxygen atoms in total. The number of carbonyl (C=O) groups excluding carboxylic acids is 1. The molecule has 0 heterocycles. The Morgan fingerprint density at radius 2 is 2.20 bits per heavy atom. The molecular weight excluding hydrogens is 198 g/mol. The fourth-order valence-corrected chi connectivity index (χ4v) is 1.05. The van der Waals surface area contributed by atoms with Crippen molar-refractivity contribution in [3.05, 3.63) is 40.0 Å². The van der Waals surface area contributed by atoms with Crippen molar-refractivity contribution < 1.29 is 14.8 Å². The van der Waals surface area contributed by atoms with Gasteiger partial charge in [0.15, 0.2) is 5.75 Å². The van der Waals surface area contributed by atoms with Gasteiger partial charge in [-0.2, -0.15) is 0 Å². The summed E-state index contributed by atoms with van der Waals surface area (Å²) < 4.78 is 0. The molecule has 0 aliphatic heterocycles. The fourth-order valence-electron chi connectivity index (χ4n) is 1.05. The molecule has 1 aromatic carbocycles. The van der Waals surface area contributed by atoms with Crippen LogP contribution >= 0.6 is 0 Å². The van der Waals surface area contributed by atoms with Crippen molar-refractivity contribution in [2.75, 3.05) is 0 Å². The lowest BCUT2D eigenvalue weighted by Crippen LogP contribution is -1.88. The van der Waals surface area contributed by atoms with Crippen molar-refractivity contribution in [1.29, 1.82) is 0 Å². The van der Waals surface area contributed by atoms with E-state index in [1.165, 1.54) is 18.2 Å². The van der Waals surface area contributed by atoms with Crippen LogP contribution in [-0.4, -0.2) is 16.3 Å². The lowest BCUT2D eigenvalue weighted by Gasteiger charge is -1.97. The molecule has 1 N–H and O–H groups in total. The minimum absolute atomic E-state index is 0.259. The Morgan fingerprint density at radius 1 is 1.47 bits per heavy atom. The van der Waals surface area contributed by atoms with Crippen molar-refractivity contribution >= 4 is 18.0 Å². The van der Waals surface area contributed by atoms with Gasteiger partial charge in [0, 0.05) is 12.5 Å². The molecule has 0 saturated carbocycles. The summed E-state index contributed by atoms with van der Waals surface area (Å²) in [4.78, 5) is 19.8. The van der Waals surface area contributed by atoms with Gasteiger partial charge in [0.2, 0.25) is 0 Å². The molecule has 0 aliphatic rings. The minimum atomic E-state index is -0.660. The lowest BCUT2D eigenvalue weighted by molar-refractivity contribution is -0.385. The van der Waals surface area contributed by atoms with Gasteiger partial charge in [0.1, 0.15) is 6.29 Å². The molecule has 0 saturated heterocycles. The van der Waals surface area contributed by atoms with E-state index in [0.29, 0.717) is 5.56 Å². The summed E-state index contributed by atoms with van der Waals surface area (Å²) in [6.07, 6.45) is 4.16. The summed E-state index contributed by atoms with van der Waals surface area (Å²) in [6.45, 7) is 0. The number of phenolic OH excluding ortho intramolecular Hbond substituents is 1. The second-order valence-electron chi connectivity index (χ2n) is 2.81. The summed E-state index contributed by atoms with van der Waals surface area (Å²) in [5.41, 5.74) is 0.226. The van der Waals surface area contributed by atoms with Crippen LogP contribution in [0.15, 0.2) is 24.3 Å². The van der Waals surface area contributed by atoms with Crippen molar-refractivity contribution in [3.63, 3.8) is 0 Å². The first-order valence-electron chi connectivity index (χ1n) is 4.22. The first kappa shape index (κ1) is 10.9. The van der Waals surface area contributed by atoms with Crippen molar-refractivity contribution in [3.8, 4) is 5.75 Å². The first-order valence-corrected chi connectivity index (χ1v) is 4.22. The Balaban J connectivity index is 2.97. The molecule has 0 aliphatic carbocycles. The van der Waals surface area contributed by atoms with E-state index in [2.05, 4.69) is 0 Å². The highest BCUT2D eigenvalue weighted by atomic mass is 16.6. The van der Waals surface area contributed by atoms with Crippen LogP contribution in [0, 0.1) is 10.1 Å². The third kappa shape index (κ3) is 2.91. The number of hydrogen-bond donors (Lipinski definition) is 1. The quantitative estimate of drug-likeness (QED) is 0.464. The molecule has 0 radical (unpaired) electrons. The molecule has 0 spiro atoms. The van der Waals surface area contributed by atoms with Crippen molar-refractivity contribution in [2.45, 2.75) is 6.42 Å². The lowest BCUT2D eigenvalue weighted by atomic mass is 10.1. The summed E-state index contributed by atoms with van der Waals surface area (Å²) in [7, 11) is 0. The van der Waals surface area contributed by atoms with Gasteiger partial charge in [-0.15, -0.1) is 0 Å². The zero-order chi connectivity index (χ0) is 11.3. The van der Waals surface area contributed by atoms with Gasteiger partial charge in [-0.1, -0.05) is 18.2 Å². The number of hydrogen-bond acceptors (Lipinski definition) is 4. The molecule has 78 valence electrons. The maximum atomic E-state index is 10.5. The van der Waals surface area contributed by atoms with Crippen molar-refractivity contribution in [2.24, 2.45) is 0 Å². The van der Waals surface area contributed by atoms with Gasteiger partial charge >= 0.3 is 5.69 Å². The Morgan fingerprint density at radius 3 is 2.80 bits per heavy atom. The monoisotopic (exact) mass is 207 g/mol. The summed E-state index contributed by atoms with van der Waals surface area (Å²) >= 11 is 0. The highest BCUT2D eigenvalue weighted by Gasteiger charge is 2.12. The van der Waals surface area contributed by atoms with Crippen LogP contribution in [0.5, 0.6) is 5.75 Å². The van der Waals surface area contributed by atoms with Crippen LogP contribution in [0.3, 0.4) is 0 Å². The van der Waals surface area contributed by atoms with E-state index >= 15 is 0 Å². The molecule has 0 bridgehead atoms. The highest BCUT2D eigenvalue weighted by molar-refractivity contribution is 5.61. The Kier molecular flexibility index (Phi) is 3.56. The molecule has 1 aromatic rings. The molecule has 5 heteroatoms.